The molecule has 1 aromatic carbocycles. The molecule has 0 aliphatic carbocycles. The quantitative estimate of drug-likeness (QED) is 0.781. The van der Waals surface area contributed by atoms with E-state index in [-0.39, 0.29) is 5.75 Å². The first-order chi connectivity index (χ1) is 8.48. The number of hydrogen-bond acceptors (Lipinski definition) is 3. The number of phenols is 1. The fourth-order valence-electron chi connectivity index (χ4n) is 1.61. The minimum absolute atomic E-state index is 0.203. The Bertz CT molecular complexity index is 375. The van der Waals surface area contributed by atoms with Gasteiger partial charge in [0, 0.05) is 13.1 Å². The predicted octanol–water partition coefficient (Wildman–Crippen LogP) is 3.32. The van der Waals surface area contributed by atoms with Crippen molar-refractivity contribution in [1.82, 2.24) is 5.32 Å². The molecule has 0 radical (unpaired) electrons. The number of benzene rings is 1. The minimum Gasteiger partial charge on any atom is -0.504 e. The zero-order valence-corrected chi connectivity index (χ0v) is 11.9. The molecule has 2 N–H and O–H groups in total. The summed E-state index contributed by atoms with van der Waals surface area (Å²) in [5.74, 6) is 0.765. The fraction of sp³-hybridized carbons (Fsp3) is 0.600. The lowest BCUT2D eigenvalue weighted by Gasteiger charge is -2.23. The first-order valence-electron chi connectivity index (χ1n) is 6.64. The molecule has 0 bridgehead atoms. The molecule has 0 unspecified atom stereocenters. The Labute approximate surface area is 110 Å². The van der Waals surface area contributed by atoms with E-state index in [1.54, 1.807) is 6.07 Å². The first-order valence-corrected chi connectivity index (χ1v) is 6.64. The van der Waals surface area contributed by atoms with Crippen molar-refractivity contribution >= 4 is 0 Å². The zero-order chi connectivity index (χ0) is 13.6. The molecule has 3 heteroatoms. The van der Waals surface area contributed by atoms with E-state index >= 15 is 0 Å². The van der Waals surface area contributed by atoms with Crippen LogP contribution < -0.4 is 10.1 Å². The zero-order valence-electron chi connectivity index (χ0n) is 11.9. The molecular weight excluding hydrogens is 226 g/mol. The number of aromatic hydroxyl groups is 1. The third kappa shape index (κ3) is 4.57. The van der Waals surface area contributed by atoms with Gasteiger partial charge in [0.05, 0.1) is 6.61 Å². The molecule has 0 saturated carbocycles. The van der Waals surface area contributed by atoms with E-state index in [1.807, 2.05) is 19.1 Å². The van der Waals surface area contributed by atoms with Crippen molar-refractivity contribution < 1.29 is 9.84 Å². The maximum Gasteiger partial charge on any atom is 0.161 e. The molecule has 3 nitrogen and oxygen atoms in total. The van der Waals surface area contributed by atoms with Crippen molar-refractivity contribution in [2.75, 3.05) is 13.2 Å². The summed E-state index contributed by atoms with van der Waals surface area (Å²) in [7, 11) is 0. The number of hydrogen-bond donors (Lipinski definition) is 2. The lowest BCUT2D eigenvalue weighted by molar-refractivity contribution is 0.316. The van der Waals surface area contributed by atoms with Gasteiger partial charge in [-0.2, -0.15) is 0 Å². The SMILES string of the molecule is CCOc1cc(CNCC(C)(C)CC)ccc1O. The van der Waals surface area contributed by atoms with Crippen LogP contribution in [0, 0.1) is 5.41 Å². The Morgan fingerprint density at radius 1 is 1.28 bits per heavy atom. The van der Waals surface area contributed by atoms with Gasteiger partial charge < -0.3 is 15.2 Å². The Morgan fingerprint density at radius 2 is 2.00 bits per heavy atom. The highest BCUT2D eigenvalue weighted by atomic mass is 16.5. The van der Waals surface area contributed by atoms with Crippen LogP contribution in [-0.4, -0.2) is 18.3 Å². The summed E-state index contributed by atoms with van der Waals surface area (Å²) in [6, 6.07) is 5.50. The van der Waals surface area contributed by atoms with Crippen LogP contribution in [0.4, 0.5) is 0 Å². The van der Waals surface area contributed by atoms with E-state index in [9.17, 15) is 5.11 Å². The summed E-state index contributed by atoms with van der Waals surface area (Å²) in [5.41, 5.74) is 1.45. The third-order valence-electron chi connectivity index (χ3n) is 3.21. The molecule has 0 amide bonds. The van der Waals surface area contributed by atoms with Crippen LogP contribution >= 0.6 is 0 Å². The molecule has 0 aromatic heterocycles. The molecule has 18 heavy (non-hydrogen) atoms. The number of nitrogens with one attached hydrogen (secondary N) is 1. The smallest absolute Gasteiger partial charge is 0.161 e. The van der Waals surface area contributed by atoms with Gasteiger partial charge in [0.1, 0.15) is 0 Å². The van der Waals surface area contributed by atoms with Crippen LogP contribution in [0.5, 0.6) is 11.5 Å². The van der Waals surface area contributed by atoms with Crippen LogP contribution in [0.25, 0.3) is 0 Å². The van der Waals surface area contributed by atoms with Gasteiger partial charge in [0.25, 0.3) is 0 Å². The summed E-state index contributed by atoms with van der Waals surface area (Å²) >= 11 is 0. The number of rotatable bonds is 7. The summed E-state index contributed by atoms with van der Waals surface area (Å²) in [6.07, 6.45) is 1.15. The molecular formula is C15H25NO2. The Balaban J connectivity index is 2.55. The molecule has 0 heterocycles. The summed E-state index contributed by atoms with van der Waals surface area (Å²) < 4.78 is 5.37. The van der Waals surface area contributed by atoms with Gasteiger partial charge in [-0.25, -0.2) is 0 Å². The lowest BCUT2D eigenvalue weighted by atomic mass is 9.90. The largest absolute Gasteiger partial charge is 0.504 e. The van der Waals surface area contributed by atoms with Crippen molar-refractivity contribution in [1.29, 1.82) is 0 Å². The van der Waals surface area contributed by atoms with Gasteiger partial charge >= 0.3 is 0 Å². The topological polar surface area (TPSA) is 41.5 Å². The Morgan fingerprint density at radius 3 is 2.61 bits per heavy atom. The van der Waals surface area contributed by atoms with Crippen molar-refractivity contribution in [3.05, 3.63) is 23.8 Å². The molecule has 102 valence electrons. The molecule has 0 aliphatic heterocycles. The molecule has 1 rings (SSSR count). The minimum atomic E-state index is 0.203. The second-order valence-electron chi connectivity index (χ2n) is 5.36. The van der Waals surface area contributed by atoms with Gasteiger partial charge in [-0.3, -0.25) is 0 Å². The van der Waals surface area contributed by atoms with Gasteiger partial charge in [-0.05, 0) is 36.5 Å². The van der Waals surface area contributed by atoms with Crippen LogP contribution in [0.2, 0.25) is 0 Å². The van der Waals surface area contributed by atoms with E-state index in [0.717, 1.165) is 25.1 Å². The van der Waals surface area contributed by atoms with E-state index in [4.69, 9.17) is 4.74 Å². The standard InChI is InChI=1S/C15H25NO2/c1-5-15(3,4)11-16-10-12-7-8-13(17)14(9-12)18-6-2/h7-9,16-17H,5-6,10-11H2,1-4H3. The molecule has 1 aromatic rings. The van der Waals surface area contributed by atoms with Crippen molar-refractivity contribution in [3.8, 4) is 11.5 Å². The predicted molar refractivity (Wildman–Crippen MR) is 75.1 cm³/mol. The van der Waals surface area contributed by atoms with Gasteiger partial charge in [0.15, 0.2) is 11.5 Å². The van der Waals surface area contributed by atoms with E-state index in [1.165, 1.54) is 0 Å². The molecule has 0 fully saturated rings. The second-order valence-corrected chi connectivity index (χ2v) is 5.36. The maximum absolute atomic E-state index is 9.61. The van der Waals surface area contributed by atoms with Gasteiger partial charge in [0.2, 0.25) is 0 Å². The Kier molecular flexibility index (Phi) is 5.48. The van der Waals surface area contributed by atoms with E-state index < -0.39 is 0 Å². The maximum atomic E-state index is 9.61. The highest BCUT2D eigenvalue weighted by molar-refractivity contribution is 5.41. The van der Waals surface area contributed by atoms with Crippen LogP contribution in [0.15, 0.2) is 18.2 Å². The van der Waals surface area contributed by atoms with Gasteiger partial charge in [-0.15, -0.1) is 0 Å². The average Bonchev–Trinajstić information content (AvgIpc) is 2.33. The summed E-state index contributed by atoms with van der Waals surface area (Å²) in [5, 5.41) is 13.1. The number of ether oxygens (including phenoxy) is 1. The molecule has 0 saturated heterocycles. The molecule has 0 spiro atoms. The third-order valence-corrected chi connectivity index (χ3v) is 3.21. The van der Waals surface area contributed by atoms with Crippen molar-refractivity contribution in [2.24, 2.45) is 5.41 Å². The normalized spacial score (nSPS) is 11.6. The van der Waals surface area contributed by atoms with E-state index in [0.29, 0.717) is 17.8 Å². The lowest BCUT2D eigenvalue weighted by Crippen LogP contribution is -2.28. The summed E-state index contributed by atoms with van der Waals surface area (Å²) in [6.45, 7) is 11.0. The highest BCUT2D eigenvalue weighted by Gasteiger charge is 2.14. The molecule has 0 atom stereocenters. The average molecular weight is 251 g/mol. The van der Waals surface area contributed by atoms with Crippen LogP contribution in [0.1, 0.15) is 39.7 Å². The number of phenolic OH excluding ortho intramolecular Hbond substituents is 1. The monoisotopic (exact) mass is 251 g/mol. The van der Waals surface area contributed by atoms with Crippen molar-refractivity contribution in [2.45, 2.75) is 40.7 Å². The first kappa shape index (κ1) is 14.8. The van der Waals surface area contributed by atoms with E-state index in [2.05, 4.69) is 26.1 Å². The second kappa shape index (κ2) is 6.64. The fourth-order valence-corrected chi connectivity index (χ4v) is 1.61. The Hall–Kier alpha value is -1.22. The van der Waals surface area contributed by atoms with Gasteiger partial charge in [-0.1, -0.05) is 26.8 Å². The van der Waals surface area contributed by atoms with Crippen LogP contribution in [-0.2, 0) is 6.54 Å². The van der Waals surface area contributed by atoms with Crippen molar-refractivity contribution in [3.63, 3.8) is 0 Å². The summed E-state index contributed by atoms with van der Waals surface area (Å²) in [4.78, 5) is 0. The highest BCUT2D eigenvalue weighted by Crippen LogP contribution is 2.27. The molecule has 0 aliphatic rings. The van der Waals surface area contributed by atoms with Crippen LogP contribution in [0.3, 0.4) is 0 Å².